The first-order valence-electron chi connectivity index (χ1n) is 11.3. The van der Waals surface area contributed by atoms with E-state index < -0.39 is 0 Å². The lowest BCUT2D eigenvalue weighted by Gasteiger charge is -2.31. The molecular weight excluding hydrogens is 436 g/mol. The number of aromatic amines is 1. The van der Waals surface area contributed by atoms with Crippen molar-refractivity contribution in [1.29, 1.82) is 0 Å². The van der Waals surface area contributed by atoms with Gasteiger partial charge in [0, 0.05) is 37.0 Å². The molecule has 0 atom stereocenters. The zero-order valence-electron chi connectivity index (χ0n) is 18.1. The fourth-order valence-electron chi connectivity index (χ4n) is 4.56. The van der Waals surface area contributed by atoms with Crippen LogP contribution in [0.25, 0.3) is 11.6 Å². The molecule has 0 unspecified atom stereocenters. The number of fused-ring (bicyclic) bond motifs is 1. The van der Waals surface area contributed by atoms with Crippen LogP contribution in [0.1, 0.15) is 24.1 Å². The number of H-pyrrole nitrogens is 1. The van der Waals surface area contributed by atoms with Crippen LogP contribution in [-0.2, 0) is 11.2 Å². The number of ketones is 1. The van der Waals surface area contributed by atoms with E-state index in [9.17, 15) is 9.59 Å². The molecule has 3 aromatic rings. The molecule has 4 heterocycles. The number of hydrogen-bond acceptors (Lipinski definition) is 7. The number of Topliss-reactive ketones (excluding diaryl/α,β-unsaturated/α-hetero) is 1. The van der Waals surface area contributed by atoms with Gasteiger partial charge in [-0.15, -0.1) is 11.3 Å². The summed E-state index contributed by atoms with van der Waals surface area (Å²) in [5, 5.41) is 3.31. The van der Waals surface area contributed by atoms with Crippen LogP contribution in [0.15, 0.2) is 47.4 Å². The Hall–Kier alpha value is -3.23. The molecule has 0 radical (unpaired) electrons. The van der Waals surface area contributed by atoms with Crippen molar-refractivity contribution in [2.45, 2.75) is 24.8 Å². The number of pyridine rings is 1. The first-order valence-corrected chi connectivity index (χ1v) is 12.1. The van der Waals surface area contributed by atoms with Gasteiger partial charge >= 0.3 is 0 Å². The third-order valence-corrected chi connectivity index (χ3v) is 7.68. The molecule has 33 heavy (non-hydrogen) atoms. The molecule has 0 bridgehead atoms. The Morgan fingerprint density at radius 2 is 2.12 bits per heavy atom. The normalized spacial score (nSPS) is 20.8. The van der Waals surface area contributed by atoms with Crippen LogP contribution in [0.5, 0.6) is 5.75 Å². The lowest BCUT2D eigenvalue weighted by molar-refractivity contribution is -0.115. The highest BCUT2D eigenvalue weighted by Gasteiger charge is 2.54. The van der Waals surface area contributed by atoms with E-state index in [0.717, 1.165) is 55.0 Å². The molecule has 1 spiro atoms. The van der Waals surface area contributed by atoms with Gasteiger partial charge in [-0.2, -0.15) is 0 Å². The molecule has 6 rings (SSSR count). The number of anilines is 1. The highest BCUT2D eigenvalue weighted by atomic mass is 32.1. The van der Waals surface area contributed by atoms with Gasteiger partial charge in [0.25, 0.3) is 5.56 Å². The Balaban J connectivity index is 1.30. The van der Waals surface area contributed by atoms with Gasteiger partial charge in [0.05, 0.1) is 22.3 Å². The van der Waals surface area contributed by atoms with Gasteiger partial charge in [-0.3, -0.25) is 14.6 Å². The van der Waals surface area contributed by atoms with Crippen LogP contribution in [0.4, 0.5) is 5.69 Å². The second-order valence-corrected chi connectivity index (χ2v) is 9.82. The smallest absolute Gasteiger partial charge is 0.266 e. The van der Waals surface area contributed by atoms with Gasteiger partial charge < -0.3 is 19.9 Å². The Morgan fingerprint density at radius 3 is 2.91 bits per heavy atom. The molecule has 1 saturated carbocycles. The van der Waals surface area contributed by atoms with Crippen LogP contribution in [0.2, 0.25) is 0 Å². The van der Waals surface area contributed by atoms with Gasteiger partial charge in [0.1, 0.15) is 17.0 Å². The minimum absolute atomic E-state index is 0.140. The third-order valence-electron chi connectivity index (χ3n) is 6.60. The monoisotopic (exact) mass is 460 g/mol. The van der Waals surface area contributed by atoms with E-state index in [0.29, 0.717) is 27.9 Å². The average molecular weight is 461 g/mol. The van der Waals surface area contributed by atoms with E-state index in [1.807, 2.05) is 42.6 Å². The zero-order chi connectivity index (χ0) is 22.4. The Labute approximate surface area is 194 Å². The maximum absolute atomic E-state index is 12.7. The van der Waals surface area contributed by atoms with Crippen molar-refractivity contribution in [2.75, 3.05) is 31.1 Å². The van der Waals surface area contributed by atoms with Crippen LogP contribution in [0, 0.1) is 0 Å². The van der Waals surface area contributed by atoms with Gasteiger partial charge in [0.2, 0.25) is 0 Å². The van der Waals surface area contributed by atoms with E-state index in [-0.39, 0.29) is 16.9 Å². The van der Waals surface area contributed by atoms with E-state index in [1.54, 1.807) is 0 Å². The third kappa shape index (κ3) is 3.79. The van der Waals surface area contributed by atoms with Crippen molar-refractivity contribution in [2.24, 2.45) is 0 Å². The van der Waals surface area contributed by atoms with Crippen molar-refractivity contribution >= 4 is 34.5 Å². The SMILES string of the molecule is O=C1/C(=c2\[nH]c(=O)/c(=C/c3ccc4c(c3)N(CCc3ccccn3)CCO4)s2)CNC12CC2. The molecule has 7 nitrogen and oxygen atoms in total. The van der Waals surface area contributed by atoms with Crippen molar-refractivity contribution in [1.82, 2.24) is 15.3 Å². The number of carbonyl (C=O) groups excluding carboxylic acids is 1. The largest absolute Gasteiger partial charge is 0.490 e. The minimum atomic E-state index is -0.350. The summed E-state index contributed by atoms with van der Waals surface area (Å²) in [7, 11) is 0. The first-order chi connectivity index (χ1) is 16.1. The number of nitrogens with zero attached hydrogens (tertiary/aromatic N) is 2. The maximum Gasteiger partial charge on any atom is 0.266 e. The highest BCUT2D eigenvalue weighted by Crippen LogP contribution is 2.41. The summed E-state index contributed by atoms with van der Waals surface area (Å²) in [6.07, 6.45) is 6.33. The predicted octanol–water partition coefficient (Wildman–Crippen LogP) is 0.957. The molecule has 2 fully saturated rings. The molecule has 2 aliphatic heterocycles. The summed E-state index contributed by atoms with van der Waals surface area (Å²) in [6.45, 7) is 2.82. The summed E-state index contributed by atoms with van der Waals surface area (Å²) in [5.41, 5.74) is 3.21. The molecule has 1 aliphatic carbocycles. The summed E-state index contributed by atoms with van der Waals surface area (Å²) in [5.74, 6) is 0.995. The number of ether oxygens (including phenoxy) is 1. The number of aromatic nitrogens is 2. The molecule has 2 N–H and O–H groups in total. The standard InChI is InChI=1S/C25H24N4O3S/c30-22-18(15-27-25(22)7-8-25)24-28-23(31)21(33-24)14-16-4-5-20-19(13-16)29(11-12-32-20)10-6-17-3-1-2-9-26-17/h1-5,9,13-14,27H,6-8,10-12,15H2,(H,28,31)/b21-14-,24-18+. The van der Waals surface area contributed by atoms with Crippen molar-refractivity contribution < 1.29 is 9.53 Å². The number of carbonyl (C=O) groups is 1. The molecule has 0 amide bonds. The molecule has 1 aromatic carbocycles. The fourth-order valence-corrected chi connectivity index (χ4v) is 5.55. The summed E-state index contributed by atoms with van der Waals surface area (Å²) < 4.78 is 7.13. The van der Waals surface area contributed by atoms with Crippen LogP contribution in [-0.4, -0.2) is 47.5 Å². The number of rotatable bonds is 4. The molecule has 8 heteroatoms. The number of nitrogens with one attached hydrogen (secondary N) is 2. The van der Waals surface area contributed by atoms with Crippen molar-refractivity contribution in [3.05, 3.63) is 73.4 Å². The fraction of sp³-hybridized carbons (Fsp3) is 0.320. The predicted molar refractivity (Wildman–Crippen MR) is 128 cm³/mol. The van der Waals surface area contributed by atoms with Gasteiger partial charge in [-0.05, 0) is 48.7 Å². The number of benzene rings is 1. The summed E-state index contributed by atoms with van der Waals surface area (Å²) in [6, 6.07) is 12.0. The molecule has 2 aromatic heterocycles. The topological polar surface area (TPSA) is 87.3 Å². The van der Waals surface area contributed by atoms with Crippen LogP contribution >= 0.6 is 11.3 Å². The second kappa shape index (κ2) is 7.97. The lowest BCUT2D eigenvalue weighted by Crippen LogP contribution is -2.34. The first kappa shape index (κ1) is 20.4. The lowest BCUT2D eigenvalue weighted by atomic mass is 10.1. The van der Waals surface area contributed by atoms with Crippen molar-refractivity contribution in [3.8, 4) is 5.75 Å². The Bertz CT molecular complexity index is 1410. The Morgan fingerprint density at radius 1 is 1.21 bits per heavy atom. The van der Waals surface area contributed by atoms with E-state index in [2.05, 4.69) is 26.3 Å². The van der Waals surface area contributed by atoms with Crippen LogP contribution in [0.3, 0.4) is 0 Å². The average Bonchev–Trinajstić information content (AvgIpc) is 3.45. The maximum atomic E-state index is 12.7. The quantitative estimate of drug-likeness (QED) is 0.603. The highest BCUT2D eigenvalue weighted by molar-refractivity contribution is 7.07. The molecular formula is C25H24N4O3S. The Kier molecular flexibility index (Phi) is 4.92. The van der Waals surface area contributed by atoms with E-state index in [4.69, 9.17) is 4.74 Å². The summed E-state index contributed by atoms with van der Waals surface area (Å²) >= 11 is 1.35. The van der Waals surface area contributed by atoms with Crippen LogP contribution < -0.4 is 29.7 Å². The van der Waals surface area contributed by atoms with E-state index >= 15 is 0 Å². The van der Waals surface area contributed by atoms with Gasteiger partial charge in [0.15, 0.2) is 5.78 Å². The number of thiazole rings is 1. The zero-order valence-corrected chi connectivity index (χ0v) is 18.9. The second-order valence-electron chi connectivity index (χ2n) is 8.77. The van der Waals surface area contributed by atoms with Gasteiger partial charge in [-0.25, -0.2) is 0 Å². The molecule has 168 valence electrons. The minimum Gasteiger partial charge on any atom is -0.490 e. The molecule has 3 aliphatic rings. The molecule has 1 saturated heterocycles. The van der Waals surface area contributed by atoms with Gasteiger partial charge in [-0.1, -0.05) is 12.1 Å². The summed E-state index contributed by atoms with van der Waals surface area (Å²) in [4.78, 5) is 35.0. The number of hydrogen-bond donors (Lipinski definition) is 2. The van der Waals surface area contributed by atoms with Crippen molar-refractivity contribution in [3.63, 3.8) is 0 Å². The van der Waals surface area contributed by atoms with E-state index in [1.165, 1.54) is 11.3 Å².